The quantitative estimate of drug-likeness (QED) is 0.166. The highest BCUT2D eigenvalue weighted by Gasteiger charge is 2.46. The largest absolute Gasteiger partial charge is 0.482 e. The van der Waals surface area contributed by atoms with E-state index in [1.54, 1.807) is 69.2 Å². The van der Waals surface area contributed by atoms with Crippen LogP contribution in [0, 0.1) is 29.6 Å². The highest BCUT2D eigenvalue weighted by molar-refractivity contribution is 5.99. The van der Waals surface area contributed by atoms with Gasteiger partial charge in [-0.15, -0.1) is 0 Å². The van der Waals surface area contributed by atoms with Gasteiger partial charge in [-0.1, -0.05) is 94.2 Å². The van der Waals surface area contributed by atoms with Crippen LogP contribution in [0.3, 0.4) is 0 Å². The molecule has 3 rings (SSSR count). The number of ether oxygens (including phenoxy) is 2. The SMILES string of the molecule is CC[C@H](C)[C@H]1C(=O)NCC(=O)N(C)[C@@H](C(C)C)C(=O)N[C@@H](Cc2ccc(OCC(=O)O)cc2)C(=O)O[C@H](C)C(=O)N2CCCC[C@H]2C(=O)N(C)[C@@H](C(C)C)C(=O)N[C@@H](C(C)C)C(=O)N(C)[C@@H](CC(=O)O)C(=O)N(C)[C@@H]([C@@H](C)CC)C(=O)N1C. The summed E-state index contributed by atoms with van der Waals surface area (Å²) in [5, 5.41) is 27.4. The molecule has 0 aromatic heterocycles. The summed E-state index contributed by atoms with van der Waals surface area (Å²) in [4.78, 5) is 176. The average molecular weight is 1170 g/mol. The molecule has 2 aliphatic heterocycles. The second kappa shape index (κ2) is 31.4. The van der Waals surface area contributed by atoms with Crippen LogP contribution < -0.4 is 20.7 Å². The molecule has 0 unspecified atom stereocenters. The molecule has 2 saturated heterocycles. The second-order valence-electron chi connectivity index (χ2n) is 23.1. The van der Waals surface area contributed by atoms with Gasteiger partial charge in [0, 0.05) is 48.2 Å². The Morgan fingerprint density at radius 2 is 1.14 bits per heavy atom. The summed E-state index contributed by atoms with van der Waals surface area (Å²) < 4.78 is 11.1. The lowest BCUT2D eigenvalue weighted by Crippen LogP contribution is -2.63. The van der Waals surface area contributed by atoms with Crippen LogP contribution in [0.5, 0.6) is 5.75 Å². The third-order valence-electron chi connectivity index (χ3n) is 15.9. The van der Waals surface area contributed by atoms with Crippen LogP contribution in [0.15, 0.2) is 24.3 Å². The van der Waals surface area contributed by atoms with E-state index >= 15 is 0 Å². The van der Waals surface area contributed by atoms with Crippen LogP contribution in [0.25, 0.3) is 0 Å². The molecule has 1 aromatic rings. The van der Waals surface area contributed by atoms with Gasteiger partial charge in [-0.05, 0) is 73.5 Å². The van der Waals surface area contributed by atoms with Crippen molar-refractivity contribution in [1.82, 2.24) is 45.3 Å². The van der Waals surface area contributed by atoms with Crippen LogP contribution in [-0.4, -0.2) is 220 Å². The summed E-state index contributed by atoms with van der Waals surface area (Å²) in [6.07, 6.45) is -0.811. The molecule has 1 aromatic carbocycles. The van der Waals surface area contributed by atoms with Gasteiger partial charge in [0.25, 0.3) is 5.91 Å². The van der Waals surface area contributed by atoms with Crippen molar-refractivity contribution in [3.63, 3.8) is 0 Å². The minimum absolute atomic E-state index is 0.0692. The monoisotopic (exact) mass is 1170 g/mol. The van der Waals surface area contributed by atoms with E-state index < -0.39 is 175 Å². The number of esters is 1. The number of likely N-dealkylation sites (N-methyl/N-ethyl adjacent to an activating group) is 5. The number of nitrogens with zero attached hydrogens (tertiary/aromatic N) is 6. The molecule has 2 fully saturated rings. The number of aliphatic carboxylic acids is 2. The molecule has 25 nitrogen and oxygen atoms in total. The zero-order chi connectivity index (χ0) is 63.1. The van der Waals surface area contributed by atoms with E-state index in [9.17, 15) is 62.6 Å². The lowest BCUT2D eigenvalue weighted by atomic mass is 9.92. The van der Waals surface area contributed by atoms with Crippen molar-refractivity contribution in [2.24, 2.45) is 29.6 Å². The van der Waals surface area contributed by atoms with Crippen molar-refractivity contribution < 1.29 is 77.2 Å². The van der Waals surface area contributed by atoms with Gasteiger partial charge in [-0.2, -0.15) is 0 Å². The van der Waals surface area contributed by atoms with Gasteiger partial charge in [0.05, 0.1) is 13.0 Å². The number of rotatable bonds is 14. The first-order valence-corrected chi connectivity index (χ1v) is 28.6. The van der Waals surface area contributed by atoms with Crippen LogP contribution >= 0.6 is 0 Å². The third kappa shape index (κ3) is 18.1. The van der Waals surface area contributed by atoms with Gasteiger partial charge < -0.3 is 65.0 Å². The summed E-state index contributed by atoms with van der Waals surface area (Å²) in [6, 6.07) is -4.80. The van der Waals surface area contributed by atoms with Crippen molar-refractivity contribution in [2.75, 3.05) is 54.9 Å². The number of amides is 9. The Labute approximate surface area is 487 Å². The van der Waals surface area contributed by atoms with Gasteiger partial charge in [0.2, 0.25) is 47.3 Å². The first-order chi connectivity index (χ1) is 38.7. The van der Waals surface area contributed by atoms with Gasteiger partial charge in [0.1, 0.15) is 54.1 Å². The number of cyclic esters (lactones) is 1. The number of carbonyl (C=O) groups excluding carboxylic acids is 10. The normalized spacial score (nSPS) is 26.1. The molecular formula is C58H91N9O16. The van der Waals surface area contributed by atoms with Crippen LogP contribution in [0.4, 0.5) is 0 Å². The molecule has 0 saturated carbocycles. The number of hydrogen-bond acceptors (Lipinski definition) is 14. The molecule has 9 amide bonds. The van der Waals surface area contributed by atoms with E-state index in [0.717, 1.165) is 14.7 Å². The van der Waals surface area contributed by atoms with Crippen molar-refractivity contribution in [2.45, 2.75) is 176 Å². The van der Waals surface area contributed by atoms with E-state index in [-0.39, 0.29) is 25.1 Å². The molecule has 0 radical (unpaired) electrons. The average Bonchev–Trinajstić information content (AvgIpc) is 3.50. The fraction of sp³-hybridized carbons (Fsp3) is 0.690. The Hall–Kier alpha value is -7.34. The highest BCUT2D eigenvalue weighted by Crippen LogP contribution is 2.27. The topological polar surface area (TPSA) is 319 Å². The molecule has 0 spiro atoms. The maximum absolute atomic E-state index is 14.9. The lowest BCUT2D eigenvalue weighted by Gasteiger charge is -2.41. The summed E-state index contributed by atoms with van der Waals surface area (Å²) in [5.41, 5.74) is 0.444. The molecule has 25 heteroatoms. The van der Waals surface area contributed by atoms with Gasteiger partial charge >= 0.3 is 17.9 Å². The molecule has 83 heavy (non-hydrogen) atoms. The molecule has 2 heterocycles. The number of piperidine rings is 1. The predicted octanol–water partition coefficient (Wildman–Crippen LogP) is 1.77. The fourth-order valence-electron chi connectivity index (χ4n) is 10.8. The number of carbonyl (C=O) groups is 12. The summed E-state index contributed by atoms with van der Waals surface area (Å²) >= 11 is 0. The first-order valence-electron chi connectivity index (χ1n) is 28.6. The number of carboxylic acid groups (broad SMARTS) is 2. The zero-order valence-electron chi connectivity index (χ0n) is 51.3. The summed E-state index contributed by atoms with van der Waals surface area (Å²) in [7, 11) is 6.64. The van der Waals surface area contributed by atoms with E-state index in [1.165, 1.54) is 81.1 Å². The zero-order valence-corrected chi connectivity index (χ0v) is 51.3. The minimum atomic E-state index is -1.71. The van der Waals surface area contributed by atoms with Gasteiger partial charge in [-0.25, -0.2) is 9.59 Å². The van der Waals surface area contributed by atoms with Gasteiger partial charge in [0.15, 0.2) is 12.7 Å². The lowest BCUT2D eigenvalue weighted by molar-refractivity contribution is -0.165. The number of benzene rings is 1. The number of hydrogen-bond donors (Lipinski definition) is 5. The fourth-order valence-corrected chi connectivity index (χ4v) is 10.8. The number of carboxylic acids is 2. The Balaban J connectivity index is 2.28. The van der Waals surface area contributed by atoms with Crippen LogP contribution in [0.1, 0.15) is 120 Å². The summed E-state index contributed by atoms with van der Waals surface area (Å²) in [6.45, 7) is 17.0. The van der Waals surface area contributed by atoms with Crippen molar-refractivity contribution in [1.29, 1.82) is 0 Å². The Kier molecular flexibility index (Phi) is 26.4. The first kappa shape index (κ1) is 69.9. The van der Waals surface area contributed by atoms with E-state index in [0.29, 0.717) is 31.2 Å². The van der Waals surface area contributed by atoms with E-state index in [4.69, 9.17) is 14.6 Å². The van der Waals surface area contributed by atoms with E-state index in [2.05, 4.69) is 16.0 Å². The maximum atomic E-state index is 14.9. The molecule has 0 bridgehead atoms. The smallest absolute Gasteiger partial charge is 0.341 e. The minimum Gasteiger partial charge on any atom is -0.482 e. The van der Waals surface area contributed by atoms with Crippen molar-refractivity contribution in [3.8, 4) is 5.75 Å². The molecule has 5 N–H and O–H groups in total. The molecular weight excluding hydrogens is 1080 g/mol. The second-order valence-corrected chi connectivity index (χ2v) is 23.1. The molecule has 2 aliphatic rings. The molecule has 464 valence electrons. The molecule has 11 atom stereocenters. The Morgan fingerprint density at radius 1 is 0.614 bits per heavy atom. The van der Waals surface area contributed by atoms with Gasteiger partial charge in [-0.3, -0.25) is 47.9 Å². The number of fused-ring (bicyclic) bond motifs is 1. The highest BCUT2D eigenvalue weighted by atomic mass is 16.5. The van der Waals surface area contributed by atoms with Crippen molar-refractivity contribution >= 4 is 71.1 Å². The van der Waals surface area contributed by atoms with Crippen LogP contribution in [-0.2, 0) is 68.7 Å². The predicted molar refractivity (Wildman–Crippen MR) is 304 cm³/mol. The molecule has 0 aliphatic carbocycles. The maximum Gasteiger partial charge on any atom is 0.341 e. The van der Waals surface area contributed by atoms with E-state index in [1.807, 2.05) is 0 Å². The van der Waals surface area contributed by atoms with Crippen LogP contribution in [0.2, 0.25) is 0 Å². The summed E-state index contributed by atoms with van der Waals surface area (Å²) in [5.74, 6) is -13.4. The third-order valence-corrected chi connectivity index (χ3v) is 15.9. The Bertz CT molecular complexity index is 2510. The number of nitrogens with one attached hydrogen (secondary N) is 3. The standard InChI is InChI=1S/C58H91N9O16/c1-17-34(9)48-50(73)59-29-42(68)63(13)46(32(5)6)51(74)60-39(27-37-22-24-38(25-23-37)82-30-44(71)72)58(81)83-36(11)53(76)67-26-20-19-21-40(67)54(77)64(14)47(33(7)8)52(75)61-45(31(3)4)56(79)62(12)41(28-43(69)70)55(78)66(16)49(35(10)18-2)57(80)65(48)15/h22-25,31-36,39-41,45-49H,17-21,26-30H2,1-16H3,(H,59,73)(H,60,74)(H,61,75)(H,69,70)(H,71,72)/t34-,35-,36+,39-,40-,41-,45-,46-,47-,48-,49-/m0/s1. The Morgan fingerprint density at radius 3 is 1.67 bits per heavy atom. The van der Waals surface area contributed by atoms with Crippen molar-refractivity contribution in [3.05, 3.63) is 29.8 Å².